The van der Waals surface area contributed by atoms with Gasteiger partial charge in [0.25, 0.3) is 5.91 Å². The van der Waals surface area contributed by atoms with Crippen LogP contribution in [0.4, 0.5) is 0 Å². The number of likely N-dealkylation sites (tertiary alicyclic amines) is 1. The van der Waals surface area contributed by atoms with Crippen molar-refractivity contribution in [2.24, 2.45) is 5.41 Å². The molecule has 0 spiro atoms. The van der Waals surface area contributed by atoms with Crippen LogP contribution in [0.25, 0.3) is 10.9 Å². The molecule has 2 heterocycles. The number of aryl methyl sites for hydroxylation is 1. The van der Waals surface area contributed by atoms with Gasteiger partial charge in [0, 0.05) is 36.8 Å². The second kappa shape index (κ2) is 6.96. The first-order valence-electron chi connectivity index (χ1n) is 9.19. The number of benzene rings is 1. The van der Waals surface area contributed by atoms with Crippen molar-refractivity contribution in [1.29, 1.82) is 0 Å². The summed E-state index contributed by atoms with van der Waals surface area (Å²) in [7, 11) is 0. The Bertz CT molecular complexity index is 705. The molecule has 0 unspecified atom stereocenters. The highest BCUT2D eigenvalue weighted by Gasteiger charge is 2.19. The number of unbranched alkanes of at least 4 members (excludes halogenated alkanes) is 1. The molecule has 1 aromatic carbocycles. The Balaban J connectivity index is 1.64. The molecule has 0 N–H and O–H groups in total. The molecule has 1 fully saturated rings. The molecule has 4 heteroatoms. The highest BCUT2D eigenvalue weighted by molar-refractivity contribution is 5.98. The number of hydrogen-bond acceptors (Lipinski definition) is 2. The predicted molar refractivity (Wildman–Crippen MR) is 98.2 cm³/mol. The highest BCUT2D eigenvalue weighted by atomic mass is 16.2. The standard InChI is InChI=1S/C20H29N3O/c1-20(2,3)10-4-5-13-23-15-17-14-16(8-9-18(17)21-23)19(24)22-11-6-7-12-22/h8-9,14-15H,4-7,10-13H2,1-3H3. The molecule has 1 amide bonds. The lowest BCUT2D eigenvalue weighted by Gasteiger charge is -2.17. The Hall–Kier alpha value is -1.84. The van der Waals surface area contributed by atoms with Gasteiger partial charge in [0.1, 0.15) is 0 Å². The molecule has 0 atom stereocenters. The van der Waals surface area contributed by atoms with Crippen LogP contribution >= 0.6 is 0 Å². The summed E-state index contributed by atoms with van der Waals surface area (Å²) in [6, 6.07) is 5.89. The summed E-state index contributed by atoms with van der Waals surface area (Å²) in [6.45, 7) is 9.59. The summed E-state index contributed by atoms with van der Waals surface area (Å²) in [5.74, 6) is 0.160. The molecule has 130 valence electrons. The fourth-order valence-electron chi connectivity index (χ4n) is 3.36. The molecule has 0 radical (unpaired) electrons. The van der Waals surface area contributed by atoms with Crippen LogP contribution in [0.2, 0.25) is 0 Å². The van der Waals surface area contributed by atoms with Gasteiger partial charge in [0.2, 0.25) is 0 Å². The van der Waals surface area contributed by atoms with Crippen LogP contribution in [0.15, 0.2) is 24.4 Å². The lowest BCUT2D eigenvalue weighted by molar-refractivity contribution is 0.0793. The van der Waals surface area contributed by atoms with Crippen LogP contribution in [0.5, 0.6) is 0 Å². The Morgan fingerprint density at radius 2 is 1.92 bits per heavy atom. The third-order valence-electron chi connectivity index (χ3n) is 4.76. The van der Waals surface area contributed by atoms with Gasteiger partial charge in [-0.15, -0.1) is 0 Å². The van der Waals surface area contributed by atoms with E-state index in [4.69, 9.17) is 0 Å². The minimum Gasteiger partial charge on any atom is -0.339 e. The summed E-state index contributed by atoms with van der Waals surface area (Å²) in [4.78, 5) is 14.5. The molecule has 1 saturated heterocycles. The van der Waals surface area contributed by atoms with Gasteiger partial charge < -0.3 is 4.90 Å². The summed E-state index contributed by atoms with van der Waals surface area (Å²) in [6.07, 6.45) is 7.93. The van der Waals surface area contributed by atoms with Crippen LogP contribution in [0.1, 0.15) is 63.2 Å². The maximum Gasteiger partial charge on any atom is 0.253 e. The smallest absolute Gasteiger partial charge is 0.253 e. The van der Waals surface area contributed by atoms with Crippen molar-refractivity contribution >= 4 is 16.8 Å². The summed E-state index contributed by atoms with van der Waals surface area (Å²) < 4.78 is 2.03. The minimum atomic E-state index is 0.160. The van der Waals surface area contributed by atoms with E-state index in [1.807, 2.05) is 27.8 Å². The Kier molecular flexibility index (Phi) is 4.93. The molecule has 1 aliphatic rings. The van der Waals surface area contributed by atoms with Gasteiger partial charge in [0.15, 0.2) is 0 Å². The van der Waals surface area contributed by atoms with E-state index in [0.717, 1.165) is 55.4 Å². The first-order valence-corrected chi connectivity index (χ1v) is 9.19. The van der Waals surface area contributed by atoms with Gasteiger partial charge >= 0.3 is 0 Å². The van der Waals surface area contributed by atoms with Crippen molar-refractivity contribution in [2.45, 2.75) is 59.4 Å². The zero-order valence-electron chi connectivity index (χ0n) is 15.2. The van der Waals surface area contributed by atoms with E-state index in [-0.39, 0.29) is 5.91 Å². The van der Waals surface area contributed by atoms with Crippen molar-refractivity contribution in [1.82, 2.24) is 14.7 Å². The lowest BCUT2D eigenvalue weighted by atomic mass is 9.90. The van der Waals surface area contributed by atoms with E-state index in [9.17, 15) is 4.79 Å². The summed E-state index contributed by atoms with van der Waals surface area (Å²) in [5.41, 5.74) is 2.17. The van der Waals surface area contributed by atoms with E-state index >= 15 is 0 Å². The molecular weight excluding hydrogens is 298 g/mol. The van der Waals surface area contributed by atoms with Crippen LogP contribution in [0, 0.1) is 5.41 Å². The van der Waals surface area contributed by atoms with Crippen LogP contribution in [-0.4, -0.2) is 33.7 Å². The van der Waals surface area contributed by atoms with Crippen molar-refractivity contribution in [3.8, 4) is 0 Å². The Labute approximate surface area is 144 Å². The molecular formula is C20H29N3O. The number of carbonyl (C=O) groups excluding carboxylic acids is 1. The molecule has 4 nitrogen and oxygen atoms in total. The van der Waals surface area contributed by atoms with Gasteiger partial charge in [-0.3, -0.25) is 9.48 Å². The predicted octanol–water partition coefficient (Wildman–Crippen LogP) is 4.49. The fraction of sp³-hybridized carbons (Fsp3) is 0.600. The molecule has 0 bridgehead atoms. The third kappa shape index (κ3) is 4.16. The Morgan fingerprint density at radius 3 is 2.62 bits per heavy atom. The topological polar surface area (TPSA) is 38.1 Å². The van der Waals surface area contributed by atoms with Crippen molar-refractivity contribution in [3.05, 3.63) is 30.0 Å². The first kappa shape index (κ1) is 17.0. The summed E-state index contributed by atoms with van der Waals surface area (Å²) in [5, 5.41) is 5.70. The number of rotatable bonds is 5. The number of carbonyl (C=O) groups is 1. The van der Waals surface area contributed by atoms with Crippen LogP contribution in [0.3, 0.4) is 0 Å². The van der Waals surface area contributed by atoms with E-state index in [2.05, 4.69) is 32.1 Å². The molecule has 2 aromatic rings. The van der Waals surface area contributed by atoms with E-state index in [1.54, 1.807) is 0 Å². The highest BCUT2D eigenvalue weighted by Crippen LogP contribution is 2.22. The third-order valence-corrected chi connectivity index (χ3v) is 4.76. The number of fused-ring (bicyclic) bond motifs is 1. The van der Waals surface area contributed by atoms with Crippen molar-refractivity contribution in [2.75, 3.05) is 13.1 Å². The van der Waals surface area contributed by atoms with E-state index in [1.165, 1.54) is 12.8 Å². The molecule has 3 rings (SSSR count). The zero-order valence-corrected chi connectivity index (χ0v) is 15.2. The SMILES string of the molecule is CC(C)(C)CCCCn1cc2cc(C(=O)N3CCCC3)ccc2n1. The first-order chi connectivity index (χ1) is 11.4. The summed E-state index contributed by atoms with van der Waals surface area (Å²) >= 11 is 0. The maximum atomic E-state index is 12.5. The second-order valence-corrected chi connectivity index (χ2v) is 8.18. The van der Waals surface area contributed by atoms with Crippen LogP contribution in [-0.2, 0) is 6.54 Å². The van der Waals surface area contributed by atoms with Gasteiger partial charge in [-0.2, -0.15) is 5.10 Å². The van der Waals surface area contributed by atoms with E-state index in [0.29, 0.717) is 5.41 Å². The average Bonchev–Trinajstić information content (AvgIpc) is 3.18. The van der Waals surface area contributed by atoms with Gasteiger partial charge in [-0.25, -0.2) is 0 Å². The number of aromatic nitrogens is 2. The minimum absolute atomic E-state index is 0.160. The molecule has 0 saturated carbocycles. The monoisotopic (exact) mass is 327 g/mol. The molecule has 1 aromatic heterocycles. The quantitative estimate of drug-likeness (QED) is 0.759. The Morgan fingerprint density at radius 1 is 1.17 bits per heavy atom. The van der Waals surface area contributed by atoms with Gasteiger partial charge in [-0.05, 0) is 49.3 Å². The van der Waals surface area contributed by atoms with Gasteiger partial charge in [0.05, 0.1) is 5.52 Å². The second-order valence-electron chi connectivity index (χ2n) is 8.18. The van der Waals surface area contributed by atoms with Crippen LogP contribution < -0.4 is 0 Å². The number of hydrogen-bond donors (Lipinski definition) is 0. The number of nitrogens with zero attached hydrogens (tertiary/aromatic N) is 3. The van der Waals surface area contributed by atoms with Crippen molar-refractivity contribution < 1.29 is 4.79 Å². The average molecular weight is 327 g/mol. The molecule has 1 aliphatic heterocycles. The largest absolute Gasteiger partial charge is 0.339 e. The van der Waals surface area contributed by atoms with E-state index < -0.39 is 0 Å². The molecule has 0 aliphatic carbocycles. The number of amides is 1. The lowest BCUT2D eigenvalue weighted by Crippen LogP contribution is -2.27. The normalized spacial score (nSPS) is 15.4. The maximum absolute atomic E-state index is 12.5. The molecule has 24 heavy (non-hydrogen) atoms. The fourth-order valence-corrected chi connectivity index (χ4v) is 3.36. The zero-order chi connectivity index (χ0) is 17.2. The van der Waals surface area contributed by atoms with Gasteiger partial charge in [-0.1, -0.05) is 27.2 Å². The van der Waals surface area contributed by atoms with Crippen molar-refractivity contribution in [3.63, 3.8) is 0 Å².